The number of rotatable bonds is 6. The van der Waals surface area contributed by atoms with Gasteiger partial charge in [0.2, 0.25) is 11.7 Å². The van der Waals surface area contributed by atoms with Crippen molar-refractivity contribution in [3.05, 3.63) is 35.9 Å². The summed E-state index contributed by atoms with van der Waals surface area (Å²) in [6.45, 7) is 1.16. The first kappa shape index (κ1) is 14.3. The first-order valence-corrected chi connectivity index (χ1v) is 7.29. The quantitative estimate of drug-likeness (QED) is 0.814. The maximum Gasteiger partial charge on any atom is 0.227 e. The Balaban J connectivity index is 1.70. The van der Waals surface area contributed by atoms with Crippen molar-refractivity contribution >= 4 is 0 Å². The van der Waals surface area contributed by atoms with Crippen LogP contribution in [0.2, 0.25) is 0 Å². The molecule has 1 atom stereocenters. The van der Waals surface area contributed by atoms with Gasteiger partial charge in [0.05, 0.1) is 19.1 Å². The normalized spacial score (nSPS) is 22.5. The Morgan fingerprint density at radius 3 is 3.00 bits per heavy atom. The largest absolute Gasteiger partial charge is 0.472 e. The summed E-state index contributed by atoms with van der Waals surface area (Å²) in [7, 11) is 1.67. The zero-order valence-corrected chi connectivity index (χ0v) is 12.2. The van der Waals surface area contributed by atoms with Crippen molar-refractivity contribution in [1.82, 2.24) is 10.1 Å². The van der Waals surface area contributed by atoms with Crippen LogP contribution in [0.4, 0.5) is 0 Å². The van der Waals surface area contributed by atoms with E-state index in [1.54, 1.807) is 19.6 Å². The van der Waals surface area contributed by atoms with E-state index >= 15 is 0 Å². The fourth-order valence-electron chi connectivity index (χ4n) is 2.67. The van der Waals surface area contributed by atoms with Gasteiger partial charge in [-0.25, -0.2) is 0 Å². The number of hydrogen-bond acceptors (Lipinski definition) is 6. The van der Waals surface area contributed by atoms with Crippen LogP contribution in [0, 0.1) is 0 Å². The minimum Gasteiger partial charge on any atom is -0.472 e. The average Bonchev–Trinajstić information content (AvgIpc) is 3.18. The molecule has 0 radical (unpaired) electrons. The van der Waals surface area contributed by atoms with Crippen molar-refractivity contribution in [3.63, 3.8) is 0 Å². The van der Waals surface area contributed by atoms with Gasteiger partial charge >= 0.3 is 0 Å². The topological polar surface area (TPSA) is 70.5 Å². The summed E-state index contributed by atoms with van der Waals surface area (Å²) >= 11 is 0. The molecule has 3 rings (SSSR count). The van der Waals surface area contributed by atoms with Crippen LogP contribution >= 0.6 is 0 Å². The first-order chi connectivity index (χ1) is 10.3. The lowest BCUT2D eigenvalue weighted by Gasteiger charge is -2.33. The zero-order valence-electron chi connectivity index (χ0n) is 12.2. The molecule has 2 aromatic rings. The van der Waals surface area contributed by atoms with Crippen LogP contribution in [-0.4, -0.2) is 30.5 Å². The molecule has 114 valence electrons. The molecular formula is C15H20N2O4. The van der Waals surface area contributed by atoms with E-state index in [1.165, 1.54) is 0 Å². The highest BCUT2D eigenvalue weighted by molar-refractivity contribution is 5.08. The van der Waals surface area contributed by atoms with E-state index in [4.69, 9.17) is 18.4 Å². The van der Waals surface area contributed by atoms with E-state index in [-0.39, 0.29) is 0 Å². The van der Waals surface area contributed by atoms with Gasteiger partial charge in [-0.2, -0.15) is 4.98 Å². The summed E-state index contributed by atoms with van der Waals surface area (Å²) in [6.07, 6.45) is 7.91. The van der Waals surface area contributed by atoms with Crippen LogP contribution < -0.4 is 0 Å². The third kappa shape index (κ3) is 3.16. The Kier molecular flexibility index (Phi) is 4.36. The number of furan rings is 1. The number of aryl methyl sites for hydroxylation is 2. The molecule has 0 saturated carbocycles. The molecule has 1 fully saturated rings. The summed E-state index contributed by atoms with van der Waals surface area (Å²) in [5.74, 6) is 1.22. The molecule has 6 heteroatoms. The Morgan fingerprint density at radius 1 is 1.33 bits per heavy atom. The molecule has 0 bridgehead atoms. The van der Waals surface area contributed by atoms with Crippen molar-refractivity contribution in [2.75, 3.05) is 20.3 Å². The molecule has 1 aliphatic heterocycles. The Labute approximate surface area is 123 Å². The number of methoxy groups -OCH3 is 1. The van der Waals surface area contributed by atoms with E-state index < -0.39 is 5.60 Å². The molecule has 2 aromatic heterocycles. The van der Waals surface area contributed by atoms with Crippen LogP contribution in [0.3, 0.4) is 0 Å². The molecule has 0 amide bonds. The highest BCUT2D eigenvalue weighted by Crippen LogP contribution is 2.33. The third-order valence-corrected chi connectivity index (χ3v) is 3.81. The molecule has 0 N–H and O–H groups in total. The predicted octanol–water partition coefficient (Wildman–Crippen LogP) is 2.49. The van der Waals surface area contributed by atoms with Gasteiger partial charge in [0.25, 0.3) is 0 Å². The summed E-state index contributed by atoms with van der Waals surface area (Å²) in [5, 5.41) is 4.12. The first-order valence-electron chi connectivity index (χ1n) is 7.29. The van der Waals surface area contributed by atoms with Gasteiger partial charge in [-0.3, -0.25) is 0 Å². The number of nitrogens with zero attached hydrogens (tertiary/aromatic N) is 2. The zero-order chi connectivity index (χ0) is 14.5. The lowest BCUT2D eigenvalue weighted by molar-refractivity contribution is -0.127. The SMILES string of the molecule is COCC1(c2noc(CCc3ccoc3)n2)CCCCO1. The van der Waals surface area contributed by atoms with Gasteiger partial charge in [-0.15, -0.1) is 0 Å². The molecule has 1 saturated heterocycles. The minimum atomic E-state index is -0.551. The van der Waals surface area contributed by atoms with Crippen LogP contribution in [-0.2, 0) is 27.9 Å². The van der Waals surface area contributed by atoms with Gasteiger partial charge in [-0.05, 0) is 37.3 Å². The third-order valence-electron chi connectivity index (χ3n) is 3.81. The van der Waals surface area contributed by atoms with Crippen molar-refractivity contribution in [3.8, 4) is 0 Å². The maximum atomic E-state index is 5.93. The van der Waals surface area contributed by atoms with Gasteiger partial charge in [0.15, 0.2) is 5.60 Å². The van der Waals surface area contributed by atoms with Gasteiger partial charge in [0, 0.05) is 20.1 Å². The smallest absolute Gasteiger partial charge is 0.227 e. The molecule has 1 aliphatic rings. The molecule has 1 unspecified atom stereocenters. The Bertz CT molecular complexity index is 538. The number of hydrogen-bond donors (Lipinski definition) is 0. The summed E-state index contributed by atoms with van der Waals surface area (Å²) in [4.78, 5) is 4.51. The fourth-order valence-corrected chi connectivity index (χ4v) is 2.67. The molecular weight excluding hydrogens is 272 g/mol. The Hall–Kier alpha value is -1.66. The predicted molar refractivity (Wildman–Crippen MR) is 73.8 cm³/mol. The molecule has 0 aromatic carbocycles. The van der Waals surface area contributed by atoms with E-state index in [9.17, 15) is 0 Å². The maximum absolute atomic E-state index is 5.93. The van der Waals surface area contributed by atoms with Crippen LogP contribution in [0.1, 0.15) is 36.5 Å². The second-order valence-electron chi connectivity index (χ2n) is 5.38. The van der Waals surface area contributed by atoms with Crippen molar-refractivity contribution in [2.24, 2.45) is 0 Å². The highest BCUT2D eigenvalue weighted by atomic mass is 16.5. The van der Waals surface area contributed by atoms with Crippen molar-refractivity contribution in [1.29, 1.82) is 0 Å². The van der Waals surface area contributed by atoms with E-state index in [0.29, 0.717) is 31.3 Å². The number of aromatic nitrogens is 2. The summed E-state index contributed by atoms with van der Waals surface area (Å²) < 4.78 is 21.6. The summed E-state index contributed by atoms with van der Waals surface area (Å²) in [5.41, 5.74) is 0.569. The monoisotopic (exact) mass is 292 g/mol. The molecule has 0 aliphatic carbocycles. The van der Waals surface area contributed by atoms with Gasteiger partial charge in [0.1, 0.15) is 0 Å². The van der Waals surface area contributed by atoms with Crippen LogP contribution in [0.5, 0.6) is 0 Å². The van der Waals surface area contributed by atoms with Gasteiger partial charge < -0.3 is 18.4 Å². The Morgan fingerprint density at radius 2 is 2.29 bits per heavy atom. The molecule has 6 nitrogen and oxygen atoms in total. The fraction of sp³-hybridized carbons (Fsp3) is 0.600. The van der Waals surface area contributed by atoms with Crippen LogP contribution in [0.15, 0.2) is 27.5 Å². The molecule has 0 spiro atoms. The second kappa shape index (κ2) is 6.41. The molecule has 3 heterocycles. The average molecular weight is 292 g/mol. The second-order valence-corrected chi connectivity index (χ2v) is 5.38. The van der Waals surface area contributed by atoms with Crippen molar-refractivity contribution < 1.29 is 18.4 Å². The lowest BCUT2D eigenvalue weighted by atomic mass is 9.94. The van der Waals surface area contributed by atoms with Crippen molar-refractivity contribution in [2.45, 2.75) is 37.7 Å². The highest BCUT2D eigenvalue weighted by Gasteiger charge is 2.40. The van der Waals surface area contributed by atoms with Gasteiger partial charge in [-0.1, -0.05) is 5.16 Å². The lowest BCUT2D eigenvalue weighted by Crippen LogP contribution is -2.39. The van der Waals surface area contributed by atoms with Crippen LogP contribution in [0.25, 0.3) is 0 Å². The van der Waals surface area contributed by atoms with E-state index in [2.05, 4.69) is 10.1 Å². The molecule has 21 heavy (non-hydrogen) atoms. The van der Waals surface area contributed by atoms with E-state index in [0.717, 1.165) is 31.2 Å². The standard InChI is InChI=1S/C15H20N2O4/c1-18-11-15(7-2-3-8-20-15)14-16-13(21-17-14)5-4-12-6-9-19-10-12/h6,9-10H,2-5,7-8,11H2,1H3. The minimum absolute atomic E-state index is 0.452. The number of ether oxygens (including phenoxy) is 2. The summed E-state index contributed by atoms with van der Waals surface area (Å²) in [6, 6.07) is 1.94. The van der Waals surface area contributed by atoms with E-state index in [1.807, 2.05) is 6.07 Å².